The fourth-order valence-corrected chi connectivity index (χ4v) is 10.6. The summed E-state index contributed by atoms with van der Waals surface area (Å²) in [4.78, 5) is 11.2. The SMILES string of the molecule is c1ccc2c(c1)N=C(n1c3ccccc3c3ccc(Oc4ccc5c6ccccc6n(C6=Nc7ccccc7-c7ccccc7-c7ccccc76)c5c4)cc31)c1ccccc1-c1ccccc1-2. The Morgan fingerprint density at radius 3 is 0.970 bits per heavy atom. The average molecular weight is 855 g/mol. The molecule has 0 saturated carbocycles. The number of aromatic nitrogens is 2. The fourth-order valence-electron chi connectivity index (χ4n) is 10.6. The Kier molecular flexibility index (Phi) is 8.21. The van der Waals surface area contributed by atoms with Gasteiger partial charge >= 0.3 is 0 Å². The molecular formula is C62H38N4O. The van der Waals surface area contributed by atoms with Gasteiger partial charge in [0, 0.05) is 55.9 Å². The zero-order valence-corrected chi connectivity index (χ0v) is 36.1. The molecule has 0 N–H and O–H groups in total. The molecule has 0 radical (unpaired) electrons. The maximum Gasteiger partial charge on any atom is 0.146 e. The molecule has 0 fully saturated rings. The Morgan fingerprint density at radius 2 is 0.552 bits per heavy atom. The van der Waals surface area contributed by atoms with Crippen molar-refractivity contribution in [3.05, 3.63) is 242 Å². The zero-order valence-electron chi connectivity index (χ0n) is 36.1. The van der Waals surface area contributed by atoms with Crippen LogP contribution in [0.4, 0.5) is 11.4 Å². The lowest BCUT2D eigenvalue weighted by molar-refractivity contribution is 0.484. The molecule has 12 aromatic rings. The summed E-state index contributed by atoms with van der Waals surface area (Å²) in [5, 5.41) is 4.54. The normalized spacial score (nSPS) is 12.7. The number of fused-ring (bicyclic) bond motifs is 16. The molecule has 0 spiro atoms. The summed E-state index contributed by atoms with van der Waals surface area (Å²) in [6, 6.07) is 81.7. The van der Waals surface area contributed by atoms with E-state index in [0.717, 1.165) is 112 Å². The number of para-hydroxylation sites is 4. The molecule has 0 amide bonds. The van der Waals surface area contributed by atoms with Crippen LogP contribution in [0.25, 0.3) is 88.1 Å². The third kappa shape index (κ3) is 5.75. The van der Waals surface area contributed by atoms with Crippen LogP contribution in [-0.4, -0.2) is 20.8 Å². The van der Waals surface area contributed by atoms with Gasteiger partial charge in [-0.2, -0.15) is 0 Å². The molecule has 0 aliphatic carbocycles. The number of hydrogen-bond acceptors (Lipinski definition) is 3. The van der Waals surface area contributed by atoms with Gasteiger partial charge in [-0.25, -0.2) is 9.98 Å². The molecule has 0 atom stereocenters. The first-order valence-electron chi connectivity index (χ1n) is 22.7. The van der Waals surface area contributed by atoms with Gasteiger partial charge < -0.3 is 4.74 Å². The van der Waals surface area contributed by atoms with Crippen molar-refractivity contribution in [1.29, 1.82) is 0 Å². The molecule has 4 heterocycles. The van der Waals surface area contributed by atoms with Gasteiger partial charge in [-0.15, -0.1) is 0 Å². The lowest BCUT2D eigenvalue weighted by Crippen LogP contribution is -2.15. The van der Waals surface area contributed by atoms with Gasteiger partial charge in [-0.05, 0) is 81.9 Å². The first-order valence-corrected chi connectivity index (χ1v) is 22.7. The van der Waals surface area contributed by atoms with E-state index < -0.39 is 0 Å². The summed E-state index contributed by atoms with van der Waals surface area (Å²) in [5.41, 5.74) is 17.3. The second-order valence-corrected chi connectivity index (χ2v) is 17.3. The molecule has 2 aromatic heterocycles. The Morgan fingerprint density at radius 1 is 0.254 bits per heavy atom. The standard InChI is InChI=1S/C62H38N4O/c1-3-19-43-41(17-1)45-21-5-7-27-53(45)61(63-55-29-13-9-23-47(43)55)65-57-31-15-11-25-49(57)51-35-33-39(37-59(51)65)67-40-34-36-52-50-26-12-16-32-58(50)66(60(52)38-40)62-54-28-8-6-22-46(54)42-18-2-4-20-44(42)48-24-10-14-30-56(48)64-62/h1-38H. The molecule has 67 heavy (non-hydrogen) atoms. The van der Waals surface area contributed by atoms with Crippen LogP contribution in [0, 0.1) is 0 Å². The Bertz CT molecular complexity index is 3830. The largest absolute Gasteiger partial charge is 0.457 e. The Hall–Kier alpha value is -9.06. The van der Waals surface area contributed by atoms with E-state index in [2.05, 4.69) is 240 Å². The minimum absolute atomic E-state index is 0.725. The summed E-state index contributed by atoms with van der Waals surface area (Å²) >= 11 is 0. The summed E-state index contributed by atoms with van der Waals surface area (Å²) in [6.45, 7) is 0. The number of benzene rings is 10. The van der Waals surface area contributed by atoms with Crippen molar-refractivity contribution in [3.8, 4) is 56.0 Å². The van der Waals surface area contributed by atoms with Gasteiger partial charge in [-0.1, -0.05) is 170 Å². The highest BCUT2D eigenvalue weighted by Gasteiger charge is 2.26. The van der Waals surface area contributed by atoms with E-state index in [4.69, 9.17) is 14.7 Å². The summed E-state index contributed by atoms with van der Waals surface area (Å²) in [6.07, 6.45) is 0. The summed E-state index contributed by atoms with van der Waals surface area (Å²) in [7, 11) is 0. The second-order valence-electron chi connectivity index (χ2n) is 17.3. The highest BCUT2D eigenvalue weighted by Crippen LogP contribution is 2.45. The summed E-state index contributed by atoms with van der Waals surface area (Å²) in [5.74, 6) is 3.17. The Balaban J connectivity index is 0.961. The molecule has 2 aliphatic rings. The molecule has 10 aromatic carbocycles. The molecule has 0 unspecified atom stereocenters. The number of aliphatic imine (C=N–C) groups is 2. The number of nitrogens with zero attached hydrogens (tertiary/aromatic N) is 4. The molecule has 14 rings (SSSR count). The second kappa shape index (κ2) is 14.7. The number of ether oxygens (including phenoxy) is 1. The van der Waals surface area contributed by atoms with E-state index in [-0.39, 0.29) is 0 Å². The van der Waals surface area contributed by atoms with E-state index in [1.165, 1.54) is 22.3 Å². The van der Waals surface area contributed by atoms with Gasteiger partial charge in [-0.3, -0.25) is 9.13 Å². The van der Waals surface area contributed by atoms with Crippen LogP contribution < -0.4 is 4.74 Å². The van der Waals surface area contributed by atoms with E-state index >= 15 is 0 Å². The van der Waals surface area contributed by atoms with Crippen molar-refractivity contribution in [2.24, 2.45) is 9.98 Å². The van der Waals surface area contributed by atoms with Gasteiger partial charge in [0.05, 0.1) is 33.4 Å². The highest BCUT2D eigenvalue weighted by atomic mass is 16.5. The lowest BCUT2D eigenvalue weighted by Gasteiger charge is -2.22. The summed E-state index contributed by atoms with van der Waals surface area (Å²) < 4.78 is 11.6. The molecular weight excluding hydrogens is 817 g/mol. The lowest BCUT2D eigenvalue weighted by atomic mass is 9.89. The van der Waals surface area contributed by atoms with E-state index in [0.29, 0.717) is 0 Å². The highest BCUT2D eigenvalue weighted by molar-refractivity contribution is 6.22. The van der Waals surface area contributed by atoms with Crippen molar-refractivity contribution in [2.75, 3.05) is 0 Å². The first-order chi connectivity index (χ1) is 33.2. The monoisotopic (exact) mass is 854 g/mol. The average Bonchev–Trinajstić information content (AvgIpc) is 3.88. The number of hydrogen-bond donors (Lipinski definition) is 0. The maximum atomic E-state index is 7.00. The van der Waals surface area contributed by atoms with Crippen molar-refractivity contribution in [3.63, 3.8) is 0 Å². The van der Waals surface area contributed by atoms with Crippen LogP contribution in [-0.2, 0) is 0 Å². The van der Waals surface area contributed by atoms with Crippen molar-refractivity contribution >= 4 is 66.7 Å². The van der Waals surface area contributed by atoms with E-state index in [1.54, 1.807) is 0 Å². The van der Waals surface area contributed by atoms with Gasteiger partial charge in [0.2, 0.25) is 0 Å². The van der Waals surface area contributed by atoms with Crippen molar-refractivity contribution in [2.45, 2.75) is 0 Å². The van der Waals surface area contributed by atoms with Crippen molar-refractivity contribution in [1.82, 2.24) is 9.13 Å². The minimum atomic E-state index is 0.725. The molecule has 2 aliphatic heterocycles. The molecule has 5 nitrogen and oxygen atoms in total. The zero-order chi connectivity index (χ0) is 44.0. The van der Waals surface area contributed by atoms with Crippen LogP contribution in [0.2, 0.25) is 0 Å². The molecule has 0 saturated heterocycles. The molecule has 5 heteroatoms. The predicted octanol–water partition coefficient (Wildman–Crippen LogP) is 16.2. The fraction of sp³-hybridized carbons (Fsp3) is 0. The maximum absolute atomic E-state index is 7.00. The van der Waals surface area contributed by atoms with Crippen LogP contribution in [0.3, 0.4) is 0 Å². The van der Waals surface area contributed by atoms with Gasteiger partial charge in [0.25, 0.3) is 0 Å². The minimum Gasteiger partial charge on any atom is -0.457 e. The third-order valence-corrected chi connectivity index (χ3v) is 13.6. The topological polar surface area (TPSA) is 43.8 Å². The van der Waals surface area contributed by atoms with E-state index in [9.17, 15) is 0 Å². The van der Waals surface area contributed by atoms with Crippen molar-refractivity contribution < 1.29 is 4.74 Å². The van der Waals surface area contributed by atoms with Crippen LogP contribution in [0.1, 0.15) is 11.1 Å². The van der Waals surface area contributed by atoms with Gasteiger partial charge in [0.15, 0.2) is 0 Å². The van der Waals surface area contributed by atoms with Crippen LogP contribution in [0.15, 0.2) is 241 Å². The van der Waals surface area contributed by atoms with Crippen LogP contribution >= 0.6 is 0 Å². The third-order valence-electron chi connectivity index (χ3n) is 13.6. The number of rotatable bonds is 2. The molecule has 312 valence electrons. The quantitative estimate of drug-likeness (QED) is 0.171. The smallest absolute Gasteiger partial charge is 0.146 e. The first kappa shape index (κ1) is 37.3. The molecule has 0 bridgehead atoms. The van der Waals surface area contributed by atoms with Crippen LogP contribution in [0.5, 0.6) is 11.5 Å². The van der Waals surface area contributed by atoms with Gasteiger partial charge in [0.1, 0.15) is 23.2 Å². The van der Waals surface area contributed by atoms with E-state index in [1.807, 2.05) is 0 Å². The predicted molar refractivity (Wildman–Crippen MR) is 277 cm³/mol. The Labute approximate surface area is 386 Å².